The van der Waals surface area contributed by atoms with Crippen molar-refractivity contribution in [3.05, 3.63) is 0 Å². The molecule has 5 nitrogen and oxygen atoms in total. The average molecular weight is 256 g/mol. The minimum absolute atomic E-state index is 0.0736. The van der Waals surface area contributed by atoms with E-state index >= 15 is 0 Å². The number of morpholine rings is 1. The molecule has 0 bridgehead atoms. The van der Waals surface area contributed by atoms with Gasteiger partial charge in [0.15, 0.2) is 0 Å². The van der Waals surface area contributed by atoms with Gasteiger partial charge in [-0.2, -0.15) is 0 Å². The van der Waals surface area contributed by atoms with E-state index in [9.17, 15) is 9.59 Å². The molecule has 5 heteroatoms. The maximum Gasteiger partial charge on any atom is 0.149 e. The summed E-state index contributed by atoms with van der Waals surface area (Å²) < 4.78 is 5.26. The van der Waals surface area contributed by atoms with Gasteiger partial charge in [-0.1, -0.05) is 0 Å². The first-order valence-corrected chi connectivity index (χ1v) is 6.67. The first-order chi connectivity index (χ1) is 8.59. The van der Waals surface area contributed by atoms with Crippen LogP contribution in [0.5, 0.6) is 0 Å². The van der Waals surface area contributed by atoms with E-state index in [1.54, 1.807) is 0 Å². The summed E-state index contributed by atoms with van der Waals surface area (Å²) in [4.78, 5) is 24.8. The summed E-state index contributed by atoms with van der Waals surface area (Å²) in [5, 5.41) is 0. The highest BCUT2D eigenvalue weighted by Crippen LogP contribution is 2.04. The zero-order valence-electron chi connectivity index (χ0n) is 11.2. The first kappa shape index (κ1) is 15.3. The summed E-state index contributed by atoms with van der Waals surface area (Å²) >= 11 is 0. The maximum atomic E-state index is 11.7. The van der Waals surface area contributed by atoms with Crippen molar-refractivity contribution in [2.24, 2.45) is 5.73 Å². The number of hydrogen-bond donors (Lipinski definition) is 1. The molecule has 1 rings (SSSR count). The van der Waals surface area contributed by atoms with Crippen LogP contribution in [0.25, 0.3) is 0 Å². The molecule has 1 aliphatic rings. The Hall–Kier alpha value is -0.780. The summed E-state index contributed by atoms with van der Waals surface area (Å²) in [6, 6.07) is -0.474. The van der Waals surface area contributed by atoms with Crippen LogP contribution in [-0.2, 0) is 14.3 Å². The summed E-state index contributed by atoms with van der Waals surface area (Å²) in [6.45, 7) is 5.91. The van der Waals surface area contributed by atoms with Crippen LogP contribution in [0.15, 0.2) is 0 Å². The van der Waals surface area contributed by atoms with E-state index in [0.29, 0.717) is 19.3 Å². The summed E-state index contributed by atoms with van der Waals surface area (Å²) in [6.07, 6.45) is 2.23. The maximum absolute atomic E-state index is 11.7. The number of carbonyl (C=O) groups excluding carboxylic acids is 2. The number of Topliss-reactive ketones (excluding diaryl/α,β-unsaturated/α-hetero) is 2. The molecular weight excluding hydrogens is 232 g/mol. The molecule has 1 heterocycles. The highest BCUT2D eigenvalue weighted by atomic mass is 16.5. The molecule has 18 heavy (non-hydrogen) atoms. The smallest absolute Gasteiger partial charge is 0.149 e. The van der Waals surface area contributed by atoms with Crippen molar-refractivity contribution in [2.75, 3.05) is 32.8 Å². The number of rotatable bonds is 8. The molecule has 1 aliphatic heterocycles. The second-order valence-corrected chi connectivity index (χ2v) is 4.87. The average Bonchev–Trinajstić information content (AvgIpc) is 2.37. The van der Waals surface area contributed by atoms with E-state index in [2.05, 4.69) is 4.90 Å². The fourth-order valence-corrected chi connectivity index (χ4v) is 2.01. The number of carbonyl (C=O) groups is 2. The molecule has 0 aliphatic carbocycles. The molecule has 1 saturated heterocycles. The SMILES string of the molecule is CC(=O)CCC(N)C(=O)CCCN1CCOCC1. The third-order valence-electron chi connectivity index (χ3n) is 3.22. The number of hydrogen-bond acceptors (Lipinski definition) is 5. The van der Waals surface area contributed by atoms with Gasteiger partial charge in [0.1, 0.15) is 11.6 Å². The Morgan fingerprint density at radius 3 is 2.56 bits per heavy atom. The number of nitrogens with two attached hydrogens (primary N) is 1. The second kappa shape index (κ2) is 8.34. The van der Waals surface area contributed by atoms with E-state index in [1.165, 1.54) is 6.92 Å². The van der Waals surface area contributed by atoms with E-state index in [1.807, 2.05) is 0 Å². The van der Waals surface area contributed by atoms with Crippen LogP contribution in [0.3, 0.4) is 0 Å². The Kier molecular flexibility index (Phi) is 7.08. The van der Waals surface area contributed by atoms with Gasteiger partial charge in [-0.25, -0.2) is 0 Å². The zero-order valence-corrected chi connectivity index (χ0v) is 11.2. The molecule has 0 aromatic heterocycles. The van der Waals surface area contributed by atoms with Crippen LogP contribution in [0, 0.1) is 0 Å². The number of ketones is 2. The van der Waals surface area contributed by atoms with E-state index < -0.39 is 6.04 Å². The van der Waals surface area contributed by atoms with Crippen molar-refractivity contribution in [3.8, 4) is 0 Å². The van der Waals surface area contributed by atoms with Crippen LogP contribution in [0.1, 0.15) is 32.6 Å². The first-order valence-electron chi connectivity index (χ1n) is 6.67. The van der Waals surface area contributed by atoms with Gasteiger partial charge >= 0.3 is 0 Å². The van der Waals surface area contributed by atoms with Crippen LogP contribution >= 0.6 is 0 Å². The van der Waals surface area contributed by atoms with Crippen molar-refractivity contribution < 1.29 is 14.3 Å². The van der Waals surface area contributed by atoms with Crippen LogP contribution in [-0.4, -0.2) is 55.4 Å². The number of nitrogens with zero attached hydrogens (tertiary/aromatic N) is 1. The lowest BCUT2D eigenvalue weighted by Crippen LogP contribution is -2.37. The lowest BCUT2D eigenvalue weighted by Gasteiger charge is -2.26. The number of ether oxygens (including phenoxy) is 1. The van der Waals surface area contributed by atoms with Crippen molar-refractivity contribution in [1.29, 1.82) is 0 Å². The fourth-order valence-electron chi connectivity index (χ4n) is 2.01. The molecule has 0 saturated carbocycles. The normalized spacial score (nSPS) is 18.6. The molecular formula is C13H24N2O3. The third-order valence-corrected chi connectivity index (χ3v) is 3.22. The topological polar surface area (TPSA) is 72.6 Å². The third kappa shape index (κ3) is 6.23. The van der Waals surface area contributed by atoms with E-state index in [0.717, 1.165) is 39.3 Å². The van der Waals surface area contributed by atoms with Gasteiger partial charge in [0.2, 0.25) is 0 Å². The van der Waals surface area contributed by atoms with Crippen molar-refractivity contribution in [1.82, 2.24) is 4.90 Å². The lowest BCUT2D eigenvalue weighted by molar-refractivity contribution is -0.121. The largest absolute Gasteiger partial charge is 0.379 e. The van der Waals surface area contributed by atoms with Gasteiger partial charge in [-0.15, -0.1) is 0 Å². The van der Waals surface area contributed by atoms with E-state index in [4.69, 9.17) is 10.5 Å². The van der Waals surface area contributed by atoms with Gasteiger partial charge in [0.05, 0.1) is 19.3 Å². The van der Waals surface area contributed by atoms with Crippen LogP contribution < -0.4 is 5.73 Å². The minimum atomic E-state index is -0.474. The molecule has 2 N–H and O–H groups in total. The Labute approximate surface area is 109 Å². The Balaban J connectivity index is 2.09. The van der Waals surface area contributed by atoms with Crippen LogP contribution in [0.2, 0.25) is 0 Å². The molecule has 104 valence electrons. The summed E-state index contributed by atoms with van der Waals surface area (Å²) in [5.41, 5.74) is 5.75. The quantitative estimate of drug-likeness (QED) is 0.679. The van der Waals surface area contributed by atoms with Crippen LogP contribution in [0.4, 0.5) is 0 Å². The Morgan fingerprint density at radius 2 is 1.94 bits per heavy atom. The van der Waals surface area contributed by atoms with Gasteiger partial charge in [0, 0.05) is 25.9 Å². The van der Waals surface area contributed by atoms with Crippen molar-refractivity contribution in [3.63, 3.8) is 0 Å². The van der Waals surface area contributed by atoms with Crippen molar-refractivity contribution in [2.45, 2.75) is 38.6 Å². The summed E-state index contributed by atoms with van der Waals surface area (Å²) in [5.74, 6) is 0.163. The van der Waals surface area contributed by atoms with E-state index in [-0.39, 0.29) is 11.6 Å². The summed E-state index contributed by atoms with van der Waals surface area (Å²) in [7, 11) is 0. The molecule has 1 atom stereocenters. The molecule has 0 spiro atoms. The Morgan fingerprint density at radius 1 is 1.28 bits per heavy atom. The van der Waals surface area contributed by atoms with Gasteiger partial charge in [0.25, 0.3) is 0 Å². The highest BCUT2D eigenvalue weighted by Gasteiger charge is 2.15. The standard InChI is InChI=1S/C13H24N2O3/c1-11(16)4-5-12(14)13(17)3-2-6-15-7-9-18-10-8-15/h12H,2-10,14H2,1H3. The van der Waals surface area contributed by atoms with Gasteiger partial charge in [-0.05, 0) is 26.3 Å². The predicted molar refractivity (Wildman–Crippen MR) is 69.4 cm³/mol. The molecule has 0 aromatic carbocycles. The van der Waals surface area contributed by atoms with Gasteiger partial charge in [-0.3, -0.25) is 9.69 Å². The molecule has 0 aromatic rings. The van der Waals surface area contributed by atoms with Crippen molar-refractivity contribution >= 4 is 11.6 Å². The lowest BCUT2D eigenvalue weighted by atomic mass is 10.0. The monoisotopic (exact) mass is 256 g/mol. The molecule has 0 amide bonds. The molecule has 0 radical (unpaired) electrons. The molecule has 1 unspecified atom stereocenters. The zero-order chi connectivity index (χ0) is 13.4. The molecule has 1 fully saturated rings. The predicted octanol–water partition coefficient (Wildman–Crippen LogP) is 0.364. The van der Waals surface area contributed by atoms with Gasteiger partial charge < -0.3 is 15.3 Å². The second-order valence-electron chi connectivity index (χ2n) is 4.87. The Bertz CT molecular complexity index is 275. The highest BCUT2D eigenvalue weighted by molar-refractivity contribution is 5.84. The fraction of sp³-hybridized carbons (Fsp3) is 0.846. The minimum Gasteiger partial charge on any atom is -0.379 e.